The number of anilines is 1. The van der Waals surface area contributed by atoms with E-state index < -0.39 is 0 Å². The van der Waals surface area contributed by atoms with E-state index in [0.29, 0.717) is 5.92 Å². The third-order valence-electron chi connectivity index (χ3n) is 6.37. The molecule has 2 fully saturated rings. The second-order valence-electron chi connectivity index (χ2n) is 8.67. The fraction of sp³-hybridized carbons (Fsp3) is 0.609. The Hall–Kier alpha value is -1.95. The number of nitrogens with zero attached hydrogens (tertiary/aromatic N) is 3. The zero-order valence-corrected chi connectivity index (χ0v) is 18.2. The SMILES string of the molecule is Cc1ccc(Cc2nsc(N3CCC(CNC(=O)C4CCCCC4)CC3)n2)cc1. The summed E-state index contributed by atoms with van der Waals surface area (Å²) in [6, 6.07) is 8.59. The lowest BCUT2D eigenvalue weighted by atomic mass is 9.88. The first-order valence-electron chi connectivity index (χ1n) is 11.1. The van der Waals surface area contributed by atoms with Crippen molar-refractivity contribution in [2.24, 2.45) is 11.8 Å². The molecule has 1 aliphatic heterocycles. The number of nitrogens with one attached hydrogen (secondary N) is 1. The molecule has 1 aliphatic carbocycles. The molecule has 1 saturated carbocycles. The van der Waals surface area contributed by atoms with Gasteiger partial charge in [-0.05, 0) is 44.1 Å². The van der Waals surface area contributed by atoms with Crippen molar-refractivity contribution in [1.29, 1.82) is 0 Å². The Balaban J connectivity index is 1.22. The quantitative estimate of drug-likeness (QED) is 0.766. The summed E-state index contributed by atoms with van der Waals surface area (Å²) in [6.07, 6.45) is 8.88. The molecule has 0 atom stereocenters. The van der Waals surface area contributed by atoms with Crippen molar-refractivity contribution in [1.82, 2.24) is 14.7 Å². The average molecular weight is 413 g/mol. The van der Waals surface area contributed by atoms with Gasteiger partial charge in [-0.3, -0.25) is 4.79 Å². The van der Waals surface area contributed by atoms with Crippen LogP contribution in [0.5, 0.6) is 0 Å². The van der Waals surface area contributed by atoms with Gasteiger partial charge in [-0.15, -0.1) is 0 Å². The van der Waals surface area contributed by atoms with Crippen molar-refractivity contribution in [3.05, 3.63) is 41.2 Å². The standard InChI is InChI=1S/C23H32N4OS/c1-17-7-9-18(10-8-17)15-21-25-23(29-26-21)27-13-11-19(12-14-27)16-24-22(28)20-5-3-2-4-6-20/h7-10,19-20H,2-6,11-16H2,1H3,(H,24,28). The average Bonchev–Trinajstić information content (AvgIpc) is 3.23. The Morgan fingerprint density at radius 1 is 1.10 bits per heavy atom. The van der Waals surface area contributed by atoms with Crippen LogP contribution in [0.25, 0.3) is 0 Å². The number of piperidine rings is 1. The maximum atomic E-state index is 12.4. The number of amides is 1. The van der Waals surface area contributed by atoms with Crippen LogP contribution in [-0.4, -0.2) is 34.9 Å². The number of rotatable bonds is 6. The number of aromatic nitrogens is 2. The van der Waals surface area contributed by atoms with Crippen LogP contribution in [0.3, 0.4) is 0 Å². The summed E-state index contributed by atoms with van der Waals surface area (Å²) in [5.41, 5.74) is 2.53. The normalized spacial score (nSPS) is 18.7. The first-order valence-corrected chi connectivity index (χ1v) is 11.9. The number of benzene rings is 1. The molecule has 1 saturated heterocycles. The zero-order valence-electron chi connectivity index (χ0n) is 17.4. The van der Waals surface area contributed by atoms with Crippen molar-refractivity contribution in [3.63, 3.8) is 0 Å². The van der Waals surface area contributed by atoms with E-state index in [0.717, 1.165) is 62.7 Å². The highest BCUT2D eigenvalue weighted by atomic mass is 32.1. The summed E-state index contributed by atoms with van der Waals surface area (Å²) < 4.78 is 4.57. The summed E-state index contributed by atoms with van der Waals surface area (Å²) in [5, 5.41) is 4.27. The Morgan fingerprint density at radius 3 is 2.55 bits per heavy atom. The predicted octanol–water partition coefficient (Wildman–Crippen LogP) is 4.35. The van der Waals surface area contributed by atoms with Crippen molar-refractivity contribution in [2.45, 2.75) is 58.3 Å². The maximum Gasteiger partial charge on any atom is 0.223 e. The maximum absolute atomic E-state index is 12.4. The summed E-state index contributed by atoms with van der Waals surface area (Å²) >= 11 is 1.51. The minimum absolute atomic E-state index is 0.261. The minimum Gasteiger partial charge on any atom is -0.356 e. The summed E-state index contributed by atoms with van der Waals surface area (Å²) in [6.45, 7) is 4.94. The first-order chi connectivity index (χ1) is 14.2. The van der Waals surface area contributed by atoms with E-state index in [9.17, 15) is 4.79 Å². The van der Waals surface area contributed by atoms with Crippen molar-refractivity contribution in [3.8, 4) is 0 Å². The molecule has 29 heavy (non-hydrogen) atoms. The molecule has 0 radical (unpaired) electrons. The molecule has 2 aliphatic rings. The van der Waals surface area contributed by atoms with Gasteiger partial charge in [-0.2, -0.15) is 4.37 Å². The number of hydrogen-bond donors (Lipinski definition) is 1. The summed E-state index contributed by atoms with van der Waals surface area (Å²) in [4.78, 5) is 19.5. The van der Waals surface area contributed by atoms with Crippen molar-refractivity contribution >= 4 is 22.6 Å². The molecular weight excluding hydrogens is 380 g/mol. The van der Waals surface area contributed by atoms with Crippen LogP contribution in [0.4, 0.5) is 5.13 Å². The molecular formula is C23H32N4OS. The molecule has 1 N–H and O–H groups in total. The topological polar surface area (TPSA) is 58.1 Å². The smallest absolute Gasteiger partial charge is 0.223 e. The largest absolute Gasteiger partial charge is 0.356 e. The molecule has 1 aromatic carbocycles. The second kappa shape index (κ2) is 9.70. The Morgan fingerprint density at radius 2 is 1.83 bits per heavy atom. The van der Waals surface area contributed by atoms with Gasteiger partial charge in [0.2, 0.25) is 11.0 Å². The van der Waals surface area contributed by atoms with Gasteiger partial charge < -0.3 is 10.2 Å². The van der Waals surface area contributed by atoms with Gasteiger partial charge >= 0.3 is 0 Å². The highest BCUT2D eigenvalue weighted by Crippen LogP contribution is 2.26. The lowest BCUT2D eigenvalue weighted by molar-refractivity contribution is -0.126. The van der Waals surface area contributed by atoms with Crippen LogP contribution in [0.2, 0.25) is 0 Å². The van der Waals surface area contributed by atoms with Crippen LogP contribution >= 0.6 is 11.5 Å². The molecule has 156 valence electrons. The van der Waals surface area contributed by atoms with Crippen LogP contribution in [0.15, 0.2) is 24.3 Å². The van der Waals surface area contributed by atoms with E-state index >= 15 is 0 Å². The van der Waals surface area contributed by atoms with E-state index in [2.05, 4.69) is 45.8 Å². The molecule has 5 nitrogen and oxygen atoms in total. The third-order valence-corrected chi connectivity index (χ3v) is 7.18. The monoisotopic (exact) mass is 412 g/mol. The van der Waals surface area contributed by atoms with Gasteiger partial charge in [0.1, 0.15) is 5.82 Å². The van der Waals surface area contributed by atoms with E-state index in [1.165, 1.54) is 41.9 Å². The summed E-state index contributed by atoms with van der Waals surface area (Å²) in [7, 11) is 0. The van der Waals surface area contributed by atoms with Crippen molar-refractivity contribution < 1.29 is 4.79 Å². The van der Waals surface area contributed by atoms with Crippen molar-refractivity contribution in [2.75, 3.05) is 24.5 Å². The van der Waals surface area contributed by atoms with E-state index in [4.69, 9.17) is 4.98 Å². The second-order valence-corrected chi connectivity index (χ2v) is 9.40. The van der Waals surface area contributed by atoms with Crippen LogP contribution < -0.4 is 10.2 Å². The first kappa shape index (κ1) is 20.3. The van der Waals surface area contributed by atoms with Gasteiger partial charge in [-0.25, -0.2) is 4.98 Å². The van der Waals surface area contributed by atoms with Gasteiger partial charge in [0, 0.05) is 43.5 Å². The number of aryl methyl sites for hydroxylation is 1. The molecule has 4 rings (SSSR count). The van der Waals surface area contributed by atoms with E-state index in [-0.39, 0.29) is 11.8 Å². The lowest BCUT2D eigenvalue weighted by Gasteiger charge is -2.32. The lowest BCUT2D eigenvalue weighted by Crippen LogP contribution is -2.40. The van der Waals surface area contributed by atoms with Crippen LogP contribution in [0, 0.1) is 18.8 Å². The minimum atomic E-state index is 0.261. The third kappa shape index (κ3) is 5.56. The van der Waals surface area contributed by atoms with E-state index in [1.807, 2.05) is 0 Å². The van der Waals surface area contributed by atoms with Crippen LogP contribution in [0.1, 0.15) is 61.9 Å². The molecule has 0 bridgehead atoms. The Labute approximate surface area is 178 Å². The summed E-state index contributed by atoms with van der Waals surface area (Å²) in [5.74, 6) is 2.05. The van der Waals surface area contributed by atoms with Gasteiger partial charge in [0.05, 0.1) is 0 Å². The van der Waals surface area contributed by atoms with Gasteiger partial charge in [0.25, 0.3) is 0 Å². The fourth-order valence-corrected chi connectivity index (χ4v) is 5.15. The number of carbonyl (C=O) groups excluding carboxylic acids is 1. The molecule has 1 amide bonds. The van der Waals surface area contributed by atoms with Gasteiger partial charge in [0.15, 0.2) is 0 Å². The number of carbonyl (C=O) groups is 1. The highest BCUT2D eigenvalue weighted by Gasteiger charge is 2.25. The molecule has 1 aromatic heterocycles. The Kier molecular flexibility index (Phi) is 6.80. The number of hydrogen-bond acceptors (Lipinski definition) is 5. The molecule has 0 unspecified atom stereocenters. The molecule has 2 heterocycles. The van der Waals surface area contributed by atoms with Gasteiger partial charge in [-0.1, -0.05) is 49.1 Å². The molecule has 2 aromatic rings. The predicted molar refractivity (Wildman–Crippen MR) is 118 cm³/mol. The highest BCUT2D eigenvalue weighted by molar-refractivity contribution is 7.09. The molecule has 0 spiro atoms. The Bertz CT molecular complexity index is 789. The van der Waals surface area contributed by atoms with E-state index in [1.54, 1.807) is 0 Å². The fourth-order valence-electron chi connectivity index (χ4n) is 4.42. The zero-order chi connectivity index (χ0) is 20.1. The van der Waals surface area contributed by atoms with Crippen LogP contribution in [-0.2, 0) is 11.2 Å². The molecule has 6 heteroatoms.